The number of halogens is 1. The maximum absolute atomic E-state index is 6.12. The molecule has 0 spiro atoms. The summed E-state index contributed by atoms with van der Waals surface area (Å²) in [6.07, 6.45) is 4.98. The number of nitrogens with zero attached hydrogens (tertiary/aromatic N) is 2. The Kier molecular flexibility index (Phi) is 11.4. The lowest BCUT2D eigenvalue weighted by Gasteiger charge is -2.39. The van der Waals surface area contributed by atoms with Crippen molar-refractivity contribution < 1.29 is 4.74 Å². The van der Waals surface area contributed by atoms with Gasteiger partial charge >= 0.3 is 0 Å². The minimum Gasteiger partial charge on any atom is -0.377 e. The van der Waals surface area contributed by atoms with Crippen molar-refractivity contribution in [1.82, 2.24) is 15.5 Å². The summed E-state index contributed by atoms with van der Waals surface area (Å²) in [5.41, 5.74) is 1.42. The number of rotatable bonds is 6. The van der Waals surface area contributed by atoms with E-state index in [1.807, 2.05) is 0 Å². The molecule has 0 aromatic rings. The molecule has 0 aromatic heterocycles. The summed E-state index contributed by atoms with van der Waals surface area (Å²) in [4.78, 5) is 7.45. The molecular weight excluding hydrogens is 463 g/mol. The van der Waals surface area contributed by atoms with E-state index < -0.39 is 0 Å². The minimum absolute atomic E-state index is 0. The van der Waals surface area contributed by atoms with Gasteiger partial charge in [0.05, 0.1) is 6.10 Å². The summed E-state index contributed by atoms with van der Waals surface area (Å²) in [6, 6.07) is 0.505. The third-order valence-corrected chi connectivity index (χ3v) is 5.55. The lowest BCUT2D eigenvalue weighted by molar-refractivity contribution is -0.0823. The van der Waals surface area contributed by atoms with Gasteiger partial charge in [0.2, 0.25) is 0 Å². The van der Waals surface area contributed by atoms with E-state index in [4.69, 9.17) is 9.73 Å². The largest absolute Gasteiger partial charge is 0.377 e. The third-order valence-electron chi connectivity index (χ3n) is 5.55. The number of likely N-dealkylation sites (tertiary alicyclic amines) is 1. The van der Waals surface area contributed by atoms with Crippen molar-refractivity contribution in [2.45, 2.75) is 72.4 Å². The highest BCUT2D eigenvalue weighted by molar-refractivity contribution is 14.0. The average Bonchev–Trinajstić information content (AvgIpc) is 2.60. The van der Waals surface area contributed by atoms with Crippen molar-refractivity contribution in [2.75, 3.05) is 39.3 Å². The Hall–Kier alpha value is -0.340. The van der Waals surface area contributed by atoms with Crippen LogP contribution in [-0.2, 0) is 4.74 Å². The number of piperidine rings is 1. The quantitative estimate of drug-likeness (QED) is 0.247. The molecule has 0 bridgehead atoms. The molecule has 0 aliphatic carbocycles. The molecule has 28 heavy (non-hydrogen) atoms. The van der Waals surface area contributed by atoms with Gasteiger partial charge < -0.3 is 15.4 Å². The molecular formula is C22H43IN4O. The molecule has 2 aliphatic heterocycles. The number of ether oxygens (including phenoxy) is 1. The van der Waals surface area contributed by atoms with Gasteiger partial charge in [0.15, 0.2) is 5.96 Å². The van der Waals surface area contributed by atoms with Crippen molar-refractivity contribution in [1.29, 1.82) is 0 Å². The van der Waals surface area contributed by atoms with E-state index in [2.05, 4.69) is 56.7 Å². The van der Waals surface area contributed by atoms with Crippen LogP contribution in [0.1, 0.15) is 60.3 Å². The van der Waals surface area contributed by atoms with Gasteiger partial charge in [0.25, 0.3) is 0 Å². The van der Waals surface area contributed by atoms with E-state index in [0.29, 0.717) is 18.1 Å². The number of guanidine groups is 1. The van der Waals surface area contributed by atoms with Gasteiger partial charge in [-0.3, -0.25) is 9.89 Å². The fourth-order valence-electron chi connectivity index (χ4n) is 4.33. The van der Waals surface area contributed by atoms with Crippen LogP contribution >= 0.6 is 24.0 Å². The van der Waals surface area contributed by atoms with Crippen LogP contribution in [0.2, 0.25) is 0 Å². The third kappa shape index (κ3) is 8.57. The standard InChI is InChI=1S/C22H42N4O.HI/c1-7-23-21(25-19-10-12-26(13-11-19)16-17(2)3)24-15-18-9-8-14-27-20(18)22(4,5)6;/h18-20H,2,7-16H2,1,3-6H3,(H2,23,24,25);1H. The first-order valence-corrected chi connectivity index (χ1v) is 10.8. The molecule has 2 N–H and O–H groups in total. The van der Waals surface area contributed by atoms with Crippen molar-refractivity contribution in [3.63, 3.8) is 0 Å². The first-order chi connectivity index (χ1) is 12.8. The van der Waals surface area contributed by atoms with Crippen molar-refractivity contribution in [3.8, 4) is 0 Å². The molecule has 0 amide bonds. The van der Waals surface area contributed by atoms with Crippen LogP contribution in [0.25, 0.3) is 0 Å². The topological polar surface area (TPSA) is 48.9 Å². The summed E-state index contributed by atoms with van der Waals surface area (Å²) in [6.45, 7) is 21.0. The van der Waals surface area contributed by atoms with Crippen LogP contribution in [-0.4, -0.2) is 62.3 Å². The summed E-state index contributed by atoms with van der Waals surface area (Å²) in [7, 11) is 0. The number of hydrogen-bond donors (Lipinski definition) is 2. The fraction of sp³-hybridized carbons (Fsp3) is 0.864. The zero-order valence-corrected chi connectivity index (χ0v) is 21.1. The Labute approximate surface area is 190 Å². The van der Waals surface area contributed by atoms with Gasteiger partial charge in [0.1, 0.15) is 0 Å². The van der Waals surface area contributed by atoms with Gasteiger partial charge in [-0.1, -0.05) is 32.9 Å². The molecule has 2 atom stereocenters. The molecule has 2 unspecified atom stereocenters. The van der Waals surface area contributed by atoms with Gasteiger partial charge in [-0.25, -0.2) is 0 Å². The van der Waals surface area contributed by atoms with Crippen LogP contribution in [0, 0.1) is 11.3 Å². The maximum atomic E-state index is 6.12. The van der Waals surface area contributed by atoms with Crippen molar-refractivity contribution >= 4 is 29.9 Å². The van der Waals surface area contributed by atoms with Gasteiger partial charge in [-0.2, -0.15) is 0 Å². The zero-order valence-electron chi connectivity index (χ0n) is 18.7. The first-order valence-electron chi connectivity index (χ1n) is 10.8. The van der Waals surface area contributed by atoms with Crippen LogP contribution < -0.4 is 10.6 Å². The monoisotopic (exact) mass is 506 g/mol. The van der Waals surface area contributed by atoms with Crippen molar-refractivity contribution in [2.24, 2.45) is 16.3 Å². The SMILES string of the molecule is C=C(C)CN1CCC(NC(=NCC2CCCOC2C(C)(C)C)NCC)CC1.I. The van der Waals surface area contributed by atoms with Gasteiger partial charge in [-0.15, -0.1) is 24.0 Å². The summed E-state index contributed by atoms with van der Waals surface area (Å²) in [5.74, 6) is 1.47. The molecule has 164 valence electrons. The molecule has 2 aliphatic rings. The van der Waals surface area contributed by atoms with E-state index in [-0.39, 0.29) is 29.4 Å². The van der Waals surface area contributed by atoms with E-state index >= 15 is 0 Å². The summed E-state index contributed by atoms with van der Waals surface area (Å²) in [5, 5.41) is 7.11. The maximum Gasteiger partial charge on any atom is 0.191 e. The Morgan fingerprint density at radius 2 is 1.89 bits per heavy atom. The molecule has 2 rings (SSSR count). The van der Waals surface area contributed by atoms with Gasteiger partial charge in [-0.05, 0) is 44.9 Å². The van der Waals surface area contributed by atoms with Gasteiger partial charge in [0, 0.05) is 51.3 Å². The number of aliphatic imine (C=N–C) groups is 1. The highest BCUT2D eigenvalue weighted by Gasteiger charge is 2.35. The Morgan fingerprint density at radius 1 is 1.21 bits per heavy atom. The highest BCUT2D eigenvalue weighted by atomic mass is 127. The molecule has 2 saturated heterocycles. The van der Waals surface area contributed by atoms with E-state index in [0.717, 1.165) is 64.6 Å². The fourth-order valence-corrected chi connectivity index (χ4v) is 4.33. The Bertz CT molecular complexity index is 495. The van der Waals surface area contributed by atoms with Crippen molar-refractivity contribution in [3.05, 3.63) is 12.2 Å². The molecule has 0 radical (unpaired) electrons. The Morgan fingerprint density at radius 3 is 2.46 bits per heavy atom. The molecule has 2 fully saturated rings. The van der Waals surface area contributed by atoms with Crippen LogP contribution in [0.3, 0.4) is 0 Å². The second-order valence-corrected chi connectivity index (χ2v) is 9.43. The smallest absolute Gasteiger partial charge is 0.191 e. The minimum atomic E-state index is 0. The van der Waals surface area contributed by atoms with E-state index in [9.17, 15) is 0 Å². The summed E-state index contributed by atoms with van der Waals surface area (Å²) < 4.78 is 6.12. The second kappa shape index (κ2) is 12.4. The van der Waals surface area contributed by atoms with Crippen LogP contribution in [0.4, 0.5) is 0 Å². The van der Waals surface area contributed by atoms with E-state index in [1.165, 1.54) is 12.0 Å². The number of nitrogens with one attached hydrogen (secondary N) is 2. The highest BCUT2D eigenvalue weighted by Crippen LogP contribution is 2.34. The molecule has 5 nitrogen and oxygen atoms in total. The Balaban J connectivity index is 0.00000392. The zero-order chi connectivity index (χ0) is 19.9. The van der Waals surface area contributed by atoms with Crippen LogP contribution in [0.15, 0.2) is 17.1 Å². The number of hydrogen-bond acceptors (Lipinski definition) is 3. The molecule has 2 heterocycles. The normalized spacial score (nSPS) is 25.1. The molecule has 0 saturated carbocycles. The van der Waals surface area contributed by atoms with Crippen LogP contribution in [0.5, 0.6) is 0 Å². The second-order valence-electron chi connectivity index (χ2n) is 9.43. The first kappa shape index (κ1) is 25.7. The summed E-state index contributed by atoms with van der Waals surface area (Å²) >= 11 is 0. The predicted molar refractivity (Wildman–Crippen MR) is 131 cm³/mol. The molecule has 0 aromatic carbocycles. The lowest BCUT2D eigenvalue weighted by atomic mass is 9.78. The molecule has 6 heteroatoms. The van der Waals surface area contributed by atoms with E-state index in [1.54, 1.807) is 0 Å². The average molecular weight is 507 g/mol. The lowest BCUT2D eigenvalue weighted by Crippen LogP contribution is -2.49. The predicted octanol–water partition coefficient (Wildman–Crippen LogP) is 4.04.